The number of pyridine rings is 2. The zero-order chi connectivity index (χ0) is 20.5. The van der Waals surface area contributed by atoms with E-state index < -0.39 is 0 Å². The Morgan fingerprint density at radius 1 is 1.13 bits per heavy atom. The van der Waals surface area contributed by atoms with E-state index in [1.54, 1.807) is 23.0 Å². The second-order valence-electron chi connectivity index (χ2n) is 7.52. The van der Waals surface area contributed by atoms with Crippen LogP contribution in [-0.2, 0) is 11.2 Å². The first-order valence-corrected chi connectivity index (χ1v) is 9.98. The van der Waals surface area contributed by atoms with Gasteiger partial charge in [-0.15, -0.1) is 5.10 Å². The van der Waals surface area contributed by atoms with Gasteiger partial charge in [0, 0.05) is 30.7 Å². The number of fused-ring (bicyclic) bond motifs is 1. The highest BCUT2D eigenvalue weighted by molar-refractivity contribution is 5.80. The lowest BCUT2D eigenvalue weighted by Crippen LogP contribution is -2.32. The lowest BCUT2D eigenvalue weighted by Gasteiger charge is -2.23. The van der Waals surface area contributed by atoms with Crippen molar-refractivity contribution in [3.63, 3.8) is 0 Å². The monoisotopic (exact) mass is 401 g/mol. The third-order valence-corrected chi connectivity index (χ3v) is 5.57. The molecule has 3 aromatic heterocycles. The number of halogens is 1. The molecule has 0 bridgehead atoms. The molecule has 1 amide bonds. The van der Waals surface area contributed by atoms with Crippen molar-refractivity contribution in [1.82, 2.24) is 24.7 Å². The van der Waals surface area contributed by atoms with Crippen LogP contribution >= 0.6 is 0 Å². The van der Waals surface area contributed by atoms with Gasteiger partial charge in [0.2, 0.25) is 5.91 Å². The van der Waals surface area contributed by atoms with Crippen molar-refractivity contribution < 1.29 is 9.18 Å². The van der Waals surface area contributed by atoms with Crippen LogP contribution in [0.4, 0.5) is 4.39 Å². The normalized spacial score (nSPS) is 16.3. The molecular weight excluding hydrogens is 381 g/mol. The van der Waals surface area contributed by atoms with E-state index in [4.69, 9.17) is 0 Å². The van der Waals surface area contributed by atoms with Gasteiger partial charge in [0.15, 0.2) is 0 Å². The fraction of sp³-hybridized carbons (Fsp3) is 0.217. The highest BCUT2D eigenvalue weighted by atomic mass is 19.1. The van der Waals surface area contributed by atoms with Gasteiger partial charge >= 0.3 is 0 Å². The van der Waals surface area contributed by atoms with Gasteiger partial charge in [-0.05, 0) is 48.2 Å². The van der Waals surface area contributed by atoms with Crippen LogP contribution < -0.4 is 0 Å². The molecule has 6 nitrogen and oxygen atoms in total. The highest BCUT2D eigenvalue weighted by Gasteiger charge is 2.33. The molecule has 150 valence electrons. The van der Waals surface area contributed by atoms with Gasteiger partial charge in [0.25, 0.3) is 0 Å². The number of carbonyl (C=O) groups is 1. The summed E-state index contributed by atoms with van der Waals surface area (Å²) in [7, 11) is 0. The van der Waals surface area contributed by atoms with Gasteiger partial charge < -0.3 is 4.90 Å². The zero-order valence-corrected chi connectivity index (χ0v) is 16.3. The lowest BCUT2D eigenvalue weighted by molar-refractivity contribution is -0.131. The molecule has 4 aromatic rings. The summed E-state index contributed by atoms with van der Waals surface area (Å²) in [6.07, 6.45) is 7.39. The van der Waals surface area contributed by atoms with Crippen molar-refractivity contribution in [2.75, 3.05) is 6.54 Å². The standard InChI is InChI=1S/C23H20FN5O/c24-19-6-1-5-17(13-19)18-8-9-21-23(26-27-29(21)15-18)20-7-3-11-28(20)22(30)12-16-4-2-10-25-14-16/h1-2,4-6,8-10,13-15,20H,3,7,11-12H2. The van der Waals surface area contributed by atoms with Crippen molar-refractivity contribution in [2.24, 2.45) is 0 Å². The molecule has 0 N–H and O–H groups in total. The van der Waals surface area contributed by atoms with Crippen molar-refractivity contribution >= 4 is 11.4 Å². The Bertz CT molecular complexity index is 1210. The summed E-state index contributed by atoms with van der Waals surface area (Å²) in [5, 5.41) is 8.68. The Labute approximate surface area is 173 Å². The molecule has 0 radical (unpaired) electrons. The minimum Gasteiger partial charge on any atom is -0.334 e. The number of nitrogens with zero attached hydrogens (tertiary/aromatic N) is 5. The molecule has 1 atom stereocenters. The molecule has 4 heterocycles. The quantitative estimate of drug-likeness (QED) is 0.521. The summed E-state index contributed by atoms with van der Waals surface area (Å²) in [5.74, 6) is -0.205. The number of benzene rings is 1. The Morgan fingerprint density at radius 2 is 2.07 bits per heavy atom. The van der Waals surface area contributed by atoms with Crippen LogP contribution in [0.1, 0.15) is 30.1 Å². The summed E-state index contributed by atoms with van der Waals surface area (Å²) in [5.41, 5.74) is 4.21. The highest BCUT2D eigenvalue weighted by Crippen LogP contribution is 2.34. The second-order valence-corrected chi connectivity index (χ2v) is 7.52. The number of rotatable bonds is 4. The first-order valence-electron chi connectivity index (χ1n) is 9.98. The molecule has 7 heteroatoms. The van der Waals surface area contributed by atoms with Crippen LogP contribution in [0.2, 0.25) is 0 Å². The first-order chi connectivity index (χ1) is 14.7. The van der Waals surface area contributed by atoms with Crippen LogP contribution in [-0.4, -0.2) is 37.2 Å². The minimum atomic E-state index is -0.277. The summed E-state index contributed by atoms with van der Waals surface area (Å²) in [6.45, 7) is 0.712. The van der Waals surface area contributed by atoms with Gasteiger partial charge in [-0.2, -0.15) is 0 Å². The Kier molecular flexibility index (Phi) is 4.71. The average Bonchev–Trinajstić information content (AvgIpc) is 3.41. The number of aromatic nitrogens is 4. The molecular formula is C23H20FN5O. The van der Waals surface area contributed by atoms with Gasteiger partial charge in [-0.1, -0.05) is 29.5 Å². The number of carbonyl (C=O) groups excluding carboxylic acids is 1. The Hall–Kier alpha value is -3.61. The third-order valence-electron chi connectivity index (χ3n) is 5.57. The van der Waals surface area contributed by atoms with Gasteiger partial charge in [0.1, 0.15) is 11.5 Å². The molecule has 0 spiro atoms. The number of hydrogen-bond donors (Lipinski definition) is 0. The van der Waals surface area contributed by atoms with Crippen molar-refractivity contribution in [1.29, 1.82) is 0 Å². The maximum atomic E-state index is 13.6. The van der Waals surface area contributed by atoms with Gasteiger partial charge in [-0.25, -0.2) is 8.91 Å². The van der Waals surface area contributed by atoms with Crippen LogP contribution in [0.5, 0.6) is 0 Å². The van der Waals surface area contributed by atoms with E-state index in [-0.39, 0.29) is 17.8 Å². The number of amides is 1. The number of hydrogen-bond acceptors (Lipinski definition) is 4. The van der Waals surface area contributed by atoms with E-state index in [0.29, 0.717) is 13.0 Å². The first kappa shape index (κ1) is 18.4. The average molecular weight is 401 g/mol. The molecule has 0 saturated carbocycles. The van der Waals surface area contributed by atoms with Crippen LogP contribution in [0.15, 0.2) is 67.1 Å². The van der Waals surface area contributed by atoms with E-state index in [2.05, 4.69) is 15.3 Å². The fourth-order valence-electron chi connectivity index (χ4n) is 4.12. The SMILES string of the molecule is O=C(Cc1cccnc1)N1CCCC1c1nnn2cc(-c3cccc(F)c3)ccc12. The van der Waals surface area contributed by atoms with E-state index in [9.17, 15) is 9.18 Å². The third kappa shape index (κ3) is 3.43. The van der Waals surface area contributed by atoms with Crippen LogP contribution in [0.25, 0.3) is 16.6 Å². The smallest absolute Gasteiger partial charge is 0.227 e. The molecule has 1 aliphatic rings. The van der Waals surface area contributed by atoms with E-state index in [1.807, 2.05) is 41.4 Å². The van der Waals surface area contributed by atoms with Crippen LogP contribution in [0, 0.1) is 5.82 Å². The van der Waals surface area contributed by atoms with E-state index in [1.165, 1.54) is 12.1 Å². The molecule has 1 aromatic carbocycles. The Morgan fingerprint density at radius 3 is 2.90 bits per heavy atom. The minimum absolute atomic E-state index is 0.0723. The molecule has 1 unspecified atom stereocenters. The van der Waals surface area contributed by atoms with E-state index >= 15 is 0 Å². The topological polar surface area (TPSA) is 63.4 Å². The molecule has 1 saturated heterocycles. The van der Waals surface area contributed by atoms with Crippen LogP contribution in [0.3, 0.4) is 0 Å². The van der Waals surface area contributed by atoms with Crippen molar-refractivity contribution in [2.45, 2.75) is 25.3 Å². The fourth-order valence-corrected chi connectivity index (χ4v) is 4.12. The second kappa shape index (κ2) is 7.67. The lowest BCUT2D eigenvalue weighted by atomic mass is 10.1. The summed E-state index contributed by atoms with van der Waals surface area (Å²) in [6, 6.07) is 14.0. The molecule has 0 aliphatic carbocycles. The summed E-state index contributed by atoms with van der Waals surface area (Å²) < 4.78 is 15.3. The molecule has 1 fully saturated rings. The summed E-state index contributed by atoms with van der Waals surface area (Å²) in [4.78, 5) is 18.9. The van der Waals surface area contributed by atoms with Gasteiger partial charge in [0.05, 0.1) is 18.0 Å². The number of likely N-dealkylation sites (tertiary alicyclic amines) is 1. The largest absolute Gasteiger partial charge is 0.334 e. The maximum Gasteiger partial charge on any atom is 0.227 e. The summed E-state index contributed by atoms with van der Waals surface area (Å²) >= 11 is 0. The molecule has 30 heavy (non-hydrogen) atoms. The van der Waals surface area contributed by atoms with Crippen molar-refractivity contribution in [3.8, 4) is 11.1 Å². The molecule has 5 rings (SSSR count). The zero-order valence-electron chi connectivity index (χ0n) is 16.3. The predicted octanol–water partition coefficient (Wildman–Crippen LogP) is 3.84. The maximum absolute atomic E-state index is 13.6. The van der Waals surface area contributed by atoms with Crippen molar-refractivity contribution in [3.05, 3.63) is 84.2 Å². The van der Waals surface area contributed by atoms with Gasteiger partial charge in [-0.3, -0.25) is 9.78 Å². The Balaban J connectivity index is 1.43. The molecule has 1 aliphatic heterocycles. The predicted molar refractivity (Wildman–Crippen MR) is 110 cm³/mol. The van der Waals surface area contributed by atoms with E-state index in [0.717, 1.165) is 40.7 Å².